The highest BCUT2D eigenvalue weighted by Gasteiger charge is 2.18. The summed E-state index contributed by atoms with van der Waals surface area (Å²) in [7, 11) is 0. The molecule has 1 aromatic carbocycles. The Labute approximate surface area is 113 Å². The molecule has 2 aromatic rings. The van der Waals surface area contributed by atoms with Gasteiger partial charge in [-0.2, -0.15) is 5.10 Å². The van der Waals surface area contributed by atoms with Gasteiger partial charge in [-0.3, -0.25) is 0 Å². The molecule has 2 N–H and O–H groups in total. The van der Waals surface area contributed by atoms with Crippen LogP contribution in [0.15, 0.2) is 36.5 Å². The van der Waals surface area contributed by atoms with Crippen LogP contribution in [0.1, 0.15) is 30.0 Å². The van der Waals surface area contributed by atoms with Crippen LogP contribution in [0, 0.1) is 0 Å². The Balaban J connectivity index is 1.88. The molecule has 1 aliphatic rings. The molecule has 1 aromatic heterocycles. The van der Waals surface area contributed by atoms with Crippen LogP contribution >= 0.6 is 0 Å². The van der Waals surface area contributed by atoms with Gasteiger partial charge in [0.05, 0.1) is 11.4 Å². The van der Waals surface area contributed by atoms with Crippen molar-refractivity contribution >= 4 is 0 Å². The summed E-state index contributed by atoms with van der Waals surface area (Å²) in [5.74, 6) is 0.528. The van der Waals surface area contributed by atoms with Gasteiger partial charge in [-0.1, -0.05) is 18.2 Å². The molecule has 0 spiro atoms. The van der Waals surface area contributed by atoms with Gasteiger partial charge in [0, 0.05) is 31.9 Å². The fraction of sp³-hybridized carbons (Fsp3) is 0.400. The van der Waals surface area contributed by atoms with Crippen molar-refractivity contribution in [1.29, 1.82) is 0 Å². The molecule has 0 saturated carbocycles. The third-order valence-corrected chi connectivity index (χ3v) is 3.71. The van der Waals surface area contributed by atoms with Crippen molar-refractivity contribution in [2.75, 3.05) is 13.2 Å². The van der Waals surface area contributed by atoms with Crippen LogP contribution in [0.25, 0.3) is 5.69 Å². The molecular formula is C15H19N3O. The molecule has 0 atom stereocenters. The number of hydrogen-bond donors (Lipinski definition) is 1. The topological polar surface area (TPSA) is 53.1 Å². The van der Waals surface area contributed by atoms with Crippen LogP contribution in [0.5, 0.6) is 0 Å². The third-order valence-electron chi connectivity index (χ3n) is 3.71. The number of ether oxygens (including phenoxy) is 1. The fourth-order valence-corrected chi connectivity index (χ4v) is 2.59. The van der Waals surface area contributed by atoms with E-state index in [-0.39, 0.29) is 0 Å². The SMILES string of the molecule is NCc1ccccc1-n1ccc(C2CCOCC2)n1. The lowest BCUT2D eigenvalue weighted by Crippen LogP contribution is -2.15. The van der Waals surface area contributed by atoms with E-state index in [1.165, 1.54) is 0 Å². The molecular weight excluding hydrogens is 238 g/mol. The minimum absolute atomic E-state index is 0.528. The Morgan fingerprint density at radius 2 is 2.00 bits per heavy atom. The molecule has 4 heteroatoms. The standard InChI is InChI=1S/C15H19N3O/c16-11-13-3-1-2-4-15(13)18-8-5-14(17-18)12-6-9-19-10-7-12/h1-5,8,12H,6-7,9-11,16H2. The summed E-state index contributed by atoms with van der Waals surface area (Å²) >= 11 is 0. The highest BCUT2D eigenvalue weighted by atomic mass is 16.5. The number of nitrogens with two attached hydrogens (primary N) is 1. The molecule has 1 fully saturated rings. The van der Waals surface area contributed by atoms with E-state index in [1.807, 2.05) is 29.1 Å². The Morgan fingerprint density at radius 3 is 2.79 bits per heavy atom. The number of para-hydroxylation sites is 1. The molecule has 1 aliphatic heterocycles. The summed E-state index contributed by atoms with van der Waals surface area (Å²) in [6.45, 7) is 2.22. The maximum Gasteiger partial charge on any atom is 0.0690 e. The van der Waals surface area contributed by atoms with Gasteiger partial charge in [0.15, 0.2) is 0 Å². The highest BCUT2D eigenvalue weighted by Crippen LogP contribution is 2.26. The maximum absolute atomic E-state index is 5.78. The van der Waals surface area contributed by atoms with Crippen molar-refractivity contribution in [2.24, 2.45) is 5.73 Å². The monoisotopic (exact) mass is 257 g/mol. The fourth-order valence-electron chi connectivity index (χ4n) is 2.59. The molecule has 19 heavy (non-hydrogen) atoms. The zero-order valence-corrected chi connectivity index (χ0v) is 11.0. The maximum atomic E-state index is 5.78. The molecule has 0 bridgehead atoms. The second-order valence-corrected chi connectivity index (χ2v) is 4.90. The Hall–Kier alpha value is -1.65. The molecule has 3 rings (SSSR count). The van der Waals surface area contributed by atoms with Gasteiger partial charge in [0.25, 0.3) is 0 Å². The molecule has 0 amide bonds. The summed E-state index contributed by atoms with van der Waals surface area (Å²) in [4.78, 5) is 0. The average Bonchev–Trinajstić information content (AvgIpc) is 2.98. The second kappa shape index (κ2) is 5.55. The minimum Gasteiger partial charge on any atom is -0.381 e. The smallest absolute Gasteiger partial charge is 0.0690 e. The van der Waals surface area contributed by atoms with Crippen molar-refractivity contribution in [3.05, 3.63) is 47.8 Å². The normalized spacial score (nSPS) is 16.7. The number of benzene rings is 1. The lowest BCUT2D eigenvalue weighted by Gasteiger charge is -2.20. The van der Waals surface area contributed by atoms with Crippen LogP contribution in [0.4, 0.5) is 0 Å². The van der Waals surface area contributed by atoms with E-state index >= 15 is 0 Å². The quantitative estimate of drug-likeness (QED) is 0.917. The molecule has 100 valence electrons. The van der Waals surface area contributed by atoms with Gasteiger partial charge in [-0.25, -0.2) is 4.68 Å². The van der Waals surface area contributed by atoms with E-state index < -0.39 is 0 Å². The summed E-state index contributed by atoms with van der Waals surface area (Å²) in [5.41, 5.74) is 9.13. The summed E-state index contributed by atoms with van der Waals surface area (Å²) in [5, 5.41) is 4.72. The minimum atomic E-state index is 0.528. The van der Waals surface area contributed by atoms with E-state index in [9.17, 15) is 0 Å². The number of hydrogen-bond acceptors (Lipinski definition) is 3. The third kappa shape index (κ3) is 2.55. The van der Waals surface area contributed by atoms with Crippen molar-refractivity contribution < 1.29 is 4.74 Å². The zero-order chi connectivity index (χ0) is 13.1. The zero-order valence-electron chi connectivity index (χ0n) is 11.0. The molecule has 1 saturated heterocycles. The van der Waals surface area contributed by atoms with Crippen molar-refractivity contribution in [3.63, 3.8) is 0 Å². The van der Waals surface area contributed by atoms with Crippen LogP contribution in [-0.4, -0.2) is 23.0 Å². The molecule has 0 aliphatic carbocycles. The molecule has 0 unspecified atom stereocenters. The van der Waals surface area contributed by atoms with Gasteiger partial charge in [-0.15, -0.1) is 0 Å². The van der Waals surface area contributed by atoms with E-state index in [2.05, 4.69) is 12.1 Å². The van der Waals surface area contributed by atoms with Gasteiger partial charge in [0.1, 0.15) is 0 Å². The Bertz CT molecular complexity index is 544. The van der Waals surface area contributed by atoms with Crippen LogP contribution in [0.3, 0.4) is 0 Å². The van der Waals surface area contributed by atoms with Crippen molar-refractivity contribution in [1.82, 2.24) is 9.78 Å². The van der Waals surface area contributed by atoms with E-state index in [4.69, 9.17) is 15.6 Å². The second-order valence-electron chi connectivity index (χ2n) is 4.90. The number of aromatic nitrogens is 2. The lowest BCUT2D eigenvalue weighted by molar-refractivity contribution is 0.0844. The van der Waals surface area contributed by atoms with E-state index in [0.29, 0.717) is 12.5 Å². The Kier molecular flexibility index (Phi) is 3.62. The molecule has 4 nitrogen and oxygen atoms in total. The van der Waals surface area contributed by atoms with Crippen molar-refractivity contribution in [2.45, 2.75) is 25.3 Å². The highest BCUT2D eigenvalue weighted by molar-refractivity contribution is 5.40. The van der Waals surface area contributed by atoms with E-state index in [1.54, 1.807) is 0 Å². The number of rotatable bonds is 3. The van der Waals surface area contributed by atoms with Crippen LogP contribution in [0.2, 0.25) is 0 Å². The summed E-state index contributed by atoms with van der Waals surface area (Å²) in [6, 6.07) is 10.2. The first-order chi connectivity index (χ1) is 9.38. The first-order valence-corrected chi connectivity index (χ1v) is 6.80. The summed E-state index contributed by atoms with van der Waals surface area (Å²) in [6.07, 6.45) is 4.16. The first kappa shape index (κ1) is 12.4. The van der Waals surface area contributed by atoms with E-state index in [0.717, 1.165) is 43.0 Å². The Morgan fingerprint density at radius 1 is 1.21 bits per heavy atom. The first-order valence-electron chi connectivity index (χ1n) is 6.80. The predicted octanol–water partition coefficient (Wildman–Crippen LogP) is 2.23. The van der Waals surface area contributed by atoms with Gasteiger partial charge >= 0.3 is 0 Å². The predicted molar refractivity (Wildman–Crippen MR) is 74.2 cm³/mol. The average molecular weight is 257 g/mol. The van der Waals surface area contributed by atoms with Crippen molar-refractivity contribution in [3.8, 4) is 5.69 Å². The molecule has 0 radical (unpaired) electrons. The van der Waals surface area contributed by atoms with Gasteiger partial charge in [0.2, 0.25) is 0 Å². The van der Waals surface area contributed by atoms with Crippen LogP contribution < -0.4 is 5.73 Å². The largest absolute Gasteiger partial charge is 0.381 e. The van der Waals surface area contributed by atoms with Gasteiger partial charge in [-0.05, 0) is 30.5 Å². The van der Waals surface area contributed by atoms with Gasteiger partial charge < -0.3 is 10.5 Å². The number of nitrogens with zero attached hydrogens (tertiary/aromatic N) is 2. The molecule has 2 heterocycles. The lowest BCUT2D eigenvalue weighted by atomic mass is 9.97. The summed E-state index contributed by atoms with van der Waals surface area (Å²) < 4.78 is 7.34. The van der Waals surface area contributed by atoms with Crippen LogP contribution in [-0.2, 0) is 11.3 Å².